The minimum absolute atomic E-state index is 0.210. The van der Waals surface area contributed by atoms with E-state index in [1.807, 2.05) is 12.1 Å². The molecule has 2 heterocycles. The van der Waals surface area contributed by atoms with E-state index in [4.69, 9.17) is 0 Å². The fraction of sp³-hybridized carbons (Fsp3) is 0.136. The van der Waals surface area contributed by atoms with E-state index >= 15 is 0 Å². The van der Waals surface area contributed by atoms with Crippen LogP contribution in [0.25, 0.3) is 10.9 Å². The summed E-state index contributed by atoms with van der Waals surface area (Å²) < 4.78 is 40.5. The van der Waals surface area contributed by atoms with Crippen LogP contribution in [-0.4, -0.2) is 14.5 Å². The number of hydrogen-bond donors (Lipinski definition) is 0. The SMILES string of the molecule is O=c1c2ccccc2nc(SCc2cccc(C(F)(F)F)c2)n1Cc1ccccn1. The second kappa shape index (κ2) is 8.31. The van der Waals surface area contributed by atoms with E-state index in [2.05, 4.69) is 9.97 Å². The highest BCUT2D eigenvalue weighted by molar-refractivity contribution is 7.98. The lowest BCUT2D eigenvalue weighted by atomic mass is 10.1. The Labute approximate surface area is 174 Å². The van der Waals surface area contributed by atoms with Crippen LogP contribution in [0.15, 0.2) is 82.9 Å². The first-order valence-corrected chi connectivity index (χ1v) is 10.1. The van der Waals surface area contributed by atoms with Crippen molar-refractivity contribution in [3.05, 3.63) is 100 Å². The molecule has 0 saturated heterocycles. The fourth-order valence-electron chi connectivity index (χ4n) is 3.04. The number of hydrogen-bond acceptors (Lipinski definition) is 4. The Balaban J connectivity index is 1.71. The quantitative estimate of drug-likeness (QED) is 0.326. The number of alkyl halides is 3. The lowest BCUT2D eigenvalue weighted by molar-refractivity contribution is -0.137. The average molecular weight is 427 g/mol. The molecule has 0 bridgehead atoms. The molecule has 152 valence electrons. The summed E-state index contributed by atoms with van der Waals surface area (Å²) in [5.41, 5.74) is 0.835. The van der Waals surface area contributed by atoms with Crippen molar-refractivity contribution < 1.29 is 13.2 Å². The van der Waals surface area contributed by atoms with Gasteiger partial charge in [0, 0.05) is 11.9 Å². The van der Waals surface area contributed by atoms with Crippen molar-refractivity contribution in [2.45, 2.75) is 23.6 Å². The van der Waals surface area contributed by atoms with Crippen LogP contribution in [0, 0.1) is 0 Å². The molecule has 4 nitrogen and oxygen atoms in total. The number of fused-ring (bicyclic) bond motifs is 1. The topological polar surface area (TPSA) is 47.8 Å². The molecular weight excluding hydrogens is 411 g/mol. The van der Waals surface area contributed by atoms with E-state index in [0.29, 0.717) is 27.3 Å². The van der Waals surface area contributed by atoms with Crippen LogP contribution >= 0.6 is 11.8 Å². The summed E-state index contributed by atoms with van der Waals surface area (Å²) in [6.45, 7) is 0.225. The third-order valence-electron chi connectivity index (χ3n) is 4.50. The summed E-state index contributed by atoms with van der Waals surface area (Å²) >= 11 is 1.22. The largest absolute Gasteiger partial charge is 0.416 e. The van der Waals surface area contributed by atoms with Gasteiger partial charge in [0.2, 0.25) is 0 Å². The molecule has 4 rings (SSSR count). The van der Waals surface area contributed by atoms with Gasteiger partial charge in [0.1, 0.15) is 0 Å². The number of para-hydroxylation sites is 1. The third-order valence-corrected chi connectivity index (χ3v) is 5.54. The predicted octanol–water partition coefficient (Wildman–Crippen LogP) is 5.15. The molecule has 0 aliphatic heterocycles. The van der Waals surface area contributed by atoms with Crippen molar-refractivity contribution in [1.82, 2.24) is 14.5 Å². The van der Waals surface area contributed by atoms with E-state index in [9.17, 15) is 18.0 Å². The Morgan fingerprint density at radius 1 is 0.967 bits per heavy atom. The normalized spacial score (nSPS) is 11.7. The van der Waals surface area contributed by atoms with Crippen molar-refractivity contribution in [2.24, 2.45) is 0 Å². The zero-order valence-electron chi connectivity index (χ0n) is 15.6. The van der Waals surface area contributed by atoms with Crippen LogP contribution in [0.3, 0.4) is 0 Å². The molecule has 4 aromatic rings. The van der Waals surface area contributed by atoms with Gasteiger partial charge in [-0.25, -0.2) is 4.98 Å². The number of aromatic nitrogens is 3. The fourth-order valence-corrected chi connectivity index (χ4v) is 3.98. The van der Waals surface area contributed by atoms with Gasteiger partial charge in [-0.2, -0.15) is 13.2 Å². The van der Waals surface area contributed by atoms with Gasteiger partial charge in [-0.15, -0.1) is 0 Å². The minimum Gasteiger partial charge on any atom is -0.281 e. The number of rotatable bonds is 5. The molecule has 2 aromatic heterocycles. The highest BCUT2D eigenvalue weighted by Crippen LogP contribution is 2.31. The summed E-state index contributed by atoms with van der Waals surface area (Å²) in [6, 6.07) is 17.6. The summed E-state index contributed by atoms with van der Waals surface area (Å²) in [5.74, 6) is 0.247. The van der Waals surface area contributed by atoms with Crippen LogP contribution in [0.5, 0.6) is 0 Å². The molecule has 0 fully saturated rings. The molecule has 8 heteroatoms. The van der Waals surface area contributed by atoms with E-state index in [1.54, 1.807) is 42.6 Å². The first-order valence-electron chi connectivity index (χ1n) is 9.10. The third kappa shape index (κ3) is 4.38. The Morgan fingerprint density at radius 2 is 1.77 bits per heavy atom. The van der Waals surface area contributed by atoms with Gasteiger partial charge in [0.05, 0.1) is 28.7 Å². The number of halogens is 3. The van der Waals surface area contributed by atoms with Gasteiger partial charge in [0.15, 0.2) is 5.16 Å². The molecule has 0 N–H and O–H groups in total. The summed E-state index contributed by atoms with van der Waals surface area (Å²) in [5, 5.41) is 0.915. The lowest BCUT2D eigenvalue weighted by Crippen LogP contribution is -2.24. The molecule has 0 amide bonds. The van der Waals surface area contributed by atoms with Crippen LogP contribution in [0.4, 0.5) is 13.2 Å². The molecular formula is C22H16F3N3OS. The molecule has 0 unspecified atom stereocenters. The Kier molecular flexibility index (Phi) is 5.59. The Bertz CT molecular complexity index is 1240. The molecule has 0 saturated carbocycles. The molecule has 0 atom stereocenters. The molecule has 0 aliphatic carbocycles. The maximum Gasteiger partial charge on any atom is 0.416 e. The average Bonchev–Trinajstić information content (AvgIpc) is 2.75. The number of pyridine rings is 1. The van der Waals surface area contributed by atoms with Crippen molar-refractivity contribution in [3.63, 3.8) is 0 Å². The smallest absolute Gasteiger partial charge is 0.281 e. The lowest BCUT2D eigenvalue weighted by Gasteiger charge is -2.13. The zero-order chi connectivity index (χ0) is 21.1. The van der Waals surface area contributed by atoms with Gasteiger partial charge in [-0.3, -0.25) is 14.3 Å². The van der Waals surface area contributed by atoms with Crippen LogP contribution < -0.4 is 5.56 Å². The maximum atomic E-state index is 13.1. The number of benzene rings is 2. The summed E-state index contributed by atoms with van der Waals surface area (Å²) in [7, 11) is 0. The zero-order valence-corrected chi connectivity index (χ0v) is 16.5. The van der Waals surface area contributed by atoms with Crippen molar-refractivity contribution >= 4 is 22.7 Å². The first kappa shape index (κ1) is 20.2. The predicted molar refractivity (Wildman–Crippen MR) is 110 cm³/mol. The van der Waals surface area contributed by atoms with E-state index in [0.717, 1.165) is 12.1 Å². The molecule has 0 spiro atoms. The summed E-state index contributed by atoms with van der Waals surface area (Å²) in [4.78, 5) is 21.9. The second-order valence-corrected chi connectivity index (χ2v) is 7.55. The second-order valence-electron chi connectivity index (χ2n) is 6.61. The van der Waals surface area contributed by atoms with Gasteiger partial charge in [0.25, 0.3) is 5.56 Å². The molecule has 0 radical (unpaired) electrons. The molecule has 0 aliphatic rings. The van der Waals surface area contributed by atoms with E-state index in [1.165, 1.54) is 22.4 Å². The monoisotopic (exact) mass is 427 g/mol. The molecule has 30 heavy (non-hydrogen) atoms. The van der Waals surface area contributed by atoms with Gasteiger partial charge in [-0.1, -0.05) is 48.2 Å². The number of nitrogens with zero attached hydrogens (tertiary/aromatic N) is 3. The van der Waals surface area contributed by atoms with Crippen molar-refractivity contribution in [2.75, 3.05) is 0 Å². The summed E-state index contributed by atoms with van der Waals surface area (Å²) in [6.07, 6.45) is -2.76. The van der Waals surface area contributed by atoms with E-state index in [-0.39, 0.29) is 17.9 Å². The minimum atomic E-state index is -4.40. The molecule has 2 aromatic carbocycles. The van der Waals surface area contributed by atoms with Crippen LogP contribution in [-0.2, 0) is 18.5 Å². The van der Waals surface area contributed by atoms with Crippen molar-refractivity contribution in [3.8, 4) is 0 Å². The standard InChI is InChI=1S/C22H16F3N3OS/c23-22(24,25)16-7-5-6-15(12-16)14-30-21-27-19-10-2-1-9-18(19)20(29)28(21)13-17-8-3-4-11-26-17/h1-12H,13-14H2. The Morgan fingerprint density at radius 3 is 2.53 bits per heavy atom. The maximum absolute atomic E-state index is 13.1. The highest BCUT2D eigenvalue weighted by Gasteiger charge is 2.30. The van der Waals surface area contributed by atoms with Gasteiger partial charge < -0.3 is 0 Å². The van der Waals surface area contributed by atoms with Crippen LogP contribution in [0.1, 0.15) is 16.8 Å². The van der Waals surface area contributed by atoms with Gasteiger partial charge >= 0.3 is 6.18 Å². The highest BCUT2D eigenvalue weighted by atomic mass is 32.2. The Hall–Kier alpha value is -3.13. The van der Waals surface area contributed by atoms with E-state index < -0.39 is 11.7 Å². The number of thioether (sulfide) groups is 1. The van der Waals surface area contributed by atoms with Crippen LogP contribution in [0.2, 0.25) is 0 Å². The first-order chi connectivity index (χ1) is 14.4. The van der Waals surface area contributed by atoms with Gasteiger partial charge in [-0.05, 0) is 35.9 Å². The van der Waals surface area contributed by atoms with Crippen molar-refractivity contribution in [1.29, 1.82) is 0 Å².